The van der Waals surface area contributed by atoms with Crippen molar-refractivity contribution in [2.75, 3.05) is 6.61 Å². The van der Waals surface area contributed by atoms with Crippen molar-refractivity contribution in [3.05, 3.63) is 65.2 Å². The normalized spacial score (nSPS) is 16.1. The van der Waals surface area contributed by atoms with Gasteiger partial charge in [-0.3, -0.25) is 4.18 Å². The molecule has 24 heavy (non-hydrogen) atoms. The first kappa shape index (κ1) is 17.1. The highest BCUT2D eigenvalue weighted by molar-refractivity contribution is 7.86. The topological polar surface area (TPSA) is 63.6 Å². The molecule has 0 saturated heterocycles. The summed E-state index contributed by atoms with van der Waals surface area (Å²) in [6.07, 6.45) is 2.02. The second-order valence-electron chi connectivity index (χ2n) is 6.43. The van der Waals surface area contributed by atoms with E-state index in [-0.39, 0.29) is 11.5 Å². The zero-order valence-electron chi connectivity index (χ0n) is 13.7. The summed E-state index contributed by atoms with van der Waals surface area (Å²) in [6.45, 7) is 1.64. The average molecular weight is 346 g/mol. The van der Waals surface area contributed by atoms with Crippen molar-refractivity contribution in [2.24, 2.45) is 0 Å². The van der Waals surface area contributed by atoms with Gasteiger partial charge < -0.3 is 5.11 Å². The van der Waals surface area contributed by atoms with Crippen LogP contribution in [0.25, 0.3) is 0 Å². The Kier molecular flexibility index (Phi) is 5.04. The molecular formula is C19H22O4S. The smallest absolute Gasteiger partial charge is 0.297 e. The second kappa shape index (κ2) is 7.05. The molecule has 0 heterocycles. The summed E-state index contributed by atoms with van der Waals surface area (Å²) in [5.74, 6) is 0.701. The van der Waals surface area contributed by atoms with Gasteiger partial charge in [0.05, 0.1) is 17.6 Å². The summed E-state index contributed by atoms with van der Waals surface area (Å²) >= 11 is 0. The summed E-state index contributed by atoms with van der Waals surface area (Å²) in [7, 11) is -3.83. The minimum atomic E-state index is -3.83. The molecule has 0 bridgehead atoms. The standard InChI is InChI=1S/C19H22O4S/c1-14-2-10-19(11-3-14)24(21,22)23-13-18(20)12-15-4-6-16(7-5-15)17-8-9-17/h2-7,10-11,17-18,20H,8-9,12-13H2,1H3. The fourth-order valence-electron chi connectivity index (χ4n) is 2.61. The zero-order valence-corrected chi connectivity index (χ0v) is 14.5. The van der Waals surface area contributed by atoms with Gasteiger partial charge in [-0.2, -0.15) is 8.42 Å². The molecule has 128 valence electrons. The minimum Gasteiger partial charge on any atom is -0.390 e. The first-order valence-electron chi connectivity index (χ1n) is 8.17. The molecule has 1 atom stereocenters. The van der Waals surface area contributed by atoms with Gasteiger partial charge in [0.15, 0.2) is 0 Å². The van der Waals surface area contributed by atoms with Gasteiger partial charge in [-0.05, 0) is 48.9 Å². The van der Waals surface area contributed by atoms with Crippen molar-refractivity contribution in [1.29, 1.82) is 0 Å². The fraction of sp³-hybridized carbons (Fsp3) is 0.368. The van der Waals surface area contributed by atoms with Crippen LogP contribution < -0.4 is 0 Å². The Morgan fingerprint density at radius 2 is 1.71 bits per heavy atom. The molecule has 2 aromatic rings. The van der Waals surface area contributed by atoms with Crippen molar-refractivity contribution in [3.63, 3.8) is 0 Å². The Morgan fingerprint density at radius 1 is 1.08 bits per heavy atom. The Morgan fingerprint density at radius 3 is 2.29 bits per heavy atom. The number of hydrogen-bond acceptors (Lipinski definition) is 4. The Labute approximate surface area is 143 Å². The Bertz CT molecular complexity index is 775. The number of aliphatic hydroxyl groups excluding tert-OH is 1. The van der Waals surface area contributed by atoms with E-state index in [1.54, 1.807) is 12.1 Å². The lowest BCUT2D eigenvalue weighted by Crippen LogP contribution is -2.21. The molecule has 0 aromatic heterocycles. The van der Waals surface area contributed by atoms with Crippen LogP contribution in [0.15, 0.2) is 53.4 Å². The van der Waals surface area contributed by atoms with E-state index in [2.05, 4.69) is 12.1 Å². The van der Waals surface area contributed by atoms with Crippen LogP contribution in [0.4, 0.5) is 0 Å². The third kappa shape index (κ3) is 4.44. The second-order valence-corrected chi connectivity index (χ2v) is 8.04. The number of aryl methyl sites for hydroxylation is 1. The molecule has 1 N–H and O–H groups in total. The largest absolute Gasteiger partial charge is 0.390 e. The molecule has 3 rings (SSSR count). The highest BCUT2D eigenvalue weighted by atomic mass is 32.2. The lowest BCUT2D eigenvalue weighted by Gasteiger charge is -2.12. The summed E-state index contributed by atoms with van der Waals surface area (Å²) < 4.78 is 29.2. The number of rotatable bonds is 7. The van der Waals surface area contributed by atoms with Crippen molar-refractivity contribution in [3.8, 4) is 0 Å². The molecule has 2 aromatic carbocycles. The highest BCUT2D eigenvalue weighted by Gasteiger charge is 2.23. The van der Waals surface area contributed by atoms with Gasteiger partial charge in [0.2, 0.25) is 0 Å². The van der Waals surface area contributed by atoms with Crippen LogP contribution in [-0.2, 0) is 20.7 Å². The predicted octanol–water partition coefficient (Wildman–Crippen LogP) is 3.18. The third-order valence-electron chi connectivity index (χ3n) is 4.23. The van der Waals surface area contributed by atoms with Crippen molar-refractivity contribution in [1.82, 2.24) is 0 Å². The molecule has 1 fully saturated rings. The van der Waals surface area contributed by atoms with Crippen LogP contribution in [0.3, 0.4) is 0 Å². The molecule has 0 amide bonds. The molecule has 5 heteroatoms. The third-order valence-corrected chi connectivity index (χ3v) is 5.52. The zero-order chi connectivity index (χ0) is 17.2. The van der Waals surface area contributed by atoms with Gasteiger partial charge >= 0.3 is 0 Å². The van der Waals surface area contributed by atoms with Crippen LogP contribution >= 0.6 is 0 Å². The van der Waals surface area contributed by atoms with Crippen molar-refractivity contribution in [2.45, 2.75) is 43.1 Å². The first-order chi connectivity index (χ1) is 11.4. The molecule has 1 unspecified atom stereocenters. The van der Waals surface area contributed by atoms with Crippen LogP contribution in [0, 0.1) is 6.92 Å². The van der Waals surface area contributed by atoms with Crippen LogP contribution in [0.5, 0.6) is 0 Å². The molecule has 4 nitrogen and oxygen atoms in total. The van der Waals surface area contributed by atoms with E-state index in [9.17, 15) is 13.5 Å². The highest BCUT2D eigenvalue weighted by Crippen LogP contribution is 2.39. The van der Waals surface area contributed by atoms with Crippen LogP contribution in [0.2, 0.25) is 0 Å². The molecule has 0 spiro atoms. The van der Waals surface area contributed by atoms with Crippen molar-refractivity contribution >= 4 is 10.1 Å². The fourth-order valence-corrected chi connectivity index (χ4v) is 3.56. The molecule has 0 aliphatic heterocycles. The summed E-state index contributed by atoms with van der Waals surface area (Å²) in [5.41, 5.74) is 3.29. The monoisotopic (exact) mass is 346 g/mol. The van der Waals surface area contributed by atoms with Gasteiger partial charge in [-0.1, -0.05) is 42.0 Å². The summed E-state index contributed by atoms with van der Waals surface area (Å²) in [5, 5.41) is 10.1. The lowest BCUT2D eigenvalue weighted by atomic mass is 10.0. The molecule has 0 radical (unpaired) electrons. The van der Waals surface area contributed by atoms with Crippen LogP contribution in [-0.4, -0.2) is 26.2 Å². The number of aliphatic hydroxyl groups is 1. The Balaban J connectivity index is 1.54. The lowest BCUT2D eigenvalue weighted by molar-refractivity contribution is 0.111. The number of hydrogen-bond donors (Lipinski definition) is 1. The average Bonchev–Trinajstić information content (AvgIpc) is 3.39. The summed E-state index contributed by atoms with van der Waals surface area (Å²) in [4.78, 5) is 0.106. The van der Waals surface area contributed by atoms with E-state index in [4.69, 9.17) is 4.18 Å². The van der Waals surface area contributed by atoms with Crippen LogP contribution in [0.1, 0.15) is 35.4 Å². The van der Waals surface area contributed by atoms with Gasteiger partial charge in [0.1, 0.15) is 0 Å². The maximum atomic E-state index is 12.1. The van der Waals surface area contributed by atoms with Gasteiger partial charge in [0, 0.05) is 6.42 Å². The molecular weight excluding hydrogens is 324 g/mol. The predicted molar refractivity (Wildman–Crippen MR) is 92.4 cm³/mol. The van der Waals surface area contributed by atoms with Gasteiger partial charge in [0.25, 0.3) is 10.1 Å². The quantitative estimate of drug-likeness (QED) is 0.782. The van der Waals surface area contributed by atoms with E-state index >= 15 is 0 Å². The van der Waals surface area contributed by atoms with Crippen molar-refractivity contribution < 1.29 is 17.7 Å². The van der Waals surface area contributed by atoms with E-state index in [0.717, 1.165) is 11.1 Å². The SMILES string of the molecule is Cc1ccc(S(=O)(=O)OCC(O)Cc2ccc(C3CC3)cc2)cc1. The first-order valence-corrected chi connectivity index (χ1v) is 9.58. The number of benzene rings is 2. The molecule has 1 saturated carbocycles. The van der Waals surface area contributed by atoms with E-state index < -0.39 is 16.2 Å². The summed E-state index contributed by atoms with van der Waals surface area (Å²) in [6, 6.07) is 14.6. The maximum Gasteiger partial charge on any atom is 0.297 e. The molecule has 1 aliphatic carbocycles. The van der Waals surface area contributed by atoms with E-state index in [1.807, 2.05) is 19.1 Å². The maximum absolute atomic E-state index is 12.1. The minimum absolute atomic E-state index is 0.106. The Hall–Kier alpha value is -1.69. The van der Waals surface area contributed by atoms with E-state index in [1.165, 1.54) is 30.5 Å². The van der Waals surface area contributed by atoms with Gasteiger partial charge in [-0.15, -0.1) is 0 Å². The molecule has 1 aliphatic rings. The van der Waals surface area contributed by atoms with Gasteiger partial charge in [-0.25, -0.2) is 0 Å². The van der Waals surface area contributed by atoms with E-state index in [0.29, 0.717) is 12.3 Å².